The summed E-state index contributed by atoms with van der Waals surface area (Å²) in [5, 5.41) is 3.27. The molecular weight excluding hydrogens is 310 g/mol. The Morgan fingerprint density at radius 1 is 0.880 bits per heavy atom. The predicted molar refractivity (Wildman–Crippen MR) is 98.6 cm³/mol. The van der Waals surface area contributed by atoms with Crippen molar-refractivity contribution in [3.05, 3.63) is 83.6 Å². The number of hydrogen-bond acceptors (Lipinski definition) is 2. The largest absolute Gasteiger partial charge is 0.451 e. The Morgan fingerprint density at radius 3 is 2.60 bits per heavy atom. The van der Waals surface area contributed by atoms with E-state index in [0.717, 1.165) is 34.7 Å². The second kappa shape index (κ2) is 5.49. The minimum atomic E-state index is -0.0326. The fourth-order valence-electron chi connectivity index (χ4n) is 3.72. The van der Waals surface area contributed by atoms with E-state index >= 15 is 0 Å². The van der Waals surface area contributed by atoms with E-state index in [1.54, 1.807) is 0 Å². The van der Waals surface area contributed by atoms with E-state index < -0.39 is 0 Å². The lowest BCUT2D eigenvalue weighted by molar-refractivity contribution is 0.0705. The smallest absolute Gasteiger partial charge is 0.289 e. The number of furan rings is 1. The average Bonchev–Trinajstić information content (AvgIpc) is 3.12. The second-order valence-electron chi connectivity index (χ2n) is 6.55. The first-order chi connectivity index (χ1) is 12.3. The third-order valence-electron chi connectivity index (χ3n) is 5.05. The molecule has 0 saturated heterocycles. The molecule has 0 bridgehead atoms. The van der Waals surface area contributed by atoms with E-state index in [0.29, 0.717) is 12.3 Å². The highest BCUT2D eigenvalue weighted by molar-refractivity contribution is 6.08. The van der Waals surface area contributed by atoms with Crippen LogP contribution in [0.3, 0.4) is 0 Å². The zero-order valence-electron chi connectivity index (χ0n) is 13.7. The third kappa shape index (κ3) is 2.31. The van der Waals surface area contributed by atoms with Gasteiger partial charge in [-0.3, -0.25) is 4.79 Å². The first kappa shape index (κ1) is 14.3. The maximum Gasteiger partial charge on any atom is 0.289 e. The van der Waals surface area contributed by atoms with Gasteiger partial charge in [-0.2, -0.15) is 0 Å². The quantitative estimate of drug-likeness (QED) is 0.504. The van der Waals surface area contributed by atoms with E-state index in [2.05, 4.69) is 30.3 Å². The minimum absolute atomic E-state index is 0.0326. The standard InChI is InChI=1S/C22H17NO2/c24-22(23-12-11-15-5-1-2-7-17(15)14-23)21-13-19-18-8-4-3-6-16(18)9-10-20(19)25-21/h1-10,13H,11-12,14H2. The molecule has 1 aliphatic heterocycles. The van der Waals surface area contributed by atoms with E-state index in [-0.39, 0.29) is 5.91 Å². The zero-order valence-corrected chi connectivity index (χ0v) is 13.7. The van der Waals surface area contributed by atoms with Crippen molar-refractivity contribution < 1.29 is 9.21 Å². The van der Waals surface area contributed by atoms with Gasteiger partial charge in [-0.25, -0.2) is 0 Å². The van der Waals surface area contributed by atoms with Gasteiger partial charge < -0.3 is 9.32 Å². The number of fused-ring (bicyclic) bond motifs is 4. The molecule has 1 amide bonds. The molecule has 122 valence electrons. The minimum Gasteiger partial charge on any atom is -0.451 e. The van der Waals surface area contributed by atoms with Gasteiger partial charge in [0.05, 0.1) is 0 Å². The van der Waals surface area contributed by atoms with Gasteiger partial charge in [-0.1, -0.05) is 54.6 Å². The molecular formula is C22H17NO2. The fraction of sp³-hybridized carbons (Fsp3) is 0.136. The molecule has 0 aliphatic carbocycles. The molecule has 0 spiro atoms. The summed E-state index contributed by atoms with van der Waals surface area (Å²) in [5.74, 6) is 0.389. The summed E-state index contributed by atoms with van der Waals surface area (Å²) in [4.78, 5) is 14.8. The van der Waals surface area contributed by atoms with Crippen LogP contribution in [0.2, 0.25) is 0 Å². The van der Waals surface area contributed by atoms with Gasteiger partial charge in [0.15, 0.2) is 5.76 Å². The average molecular weight is 327 g/mol. The Hall–Kier alpha value is -3.07. The molecule has 2 heterocycles. The highest BCUT2D eigenvalue weighted by Gasteiger charge is 2.24. The number of hydrogen-bond donors (Lipinski definition) is 0. The summed E-state index contributed by atoms with van der Waals surface area (Å²) < 4.78 is 5.89. The monoisotopic (exact) mass is 327 g/mol. The lowest BCUT2D eigenvalue weighted by Crippen LogP contribution is -2.35. The molecule has 0 unspecified atom stereocenters. The van der Waals surface area contributed by atoms with Crippen LogP contribution < -0.4 is 0 Å². The zero-order chi connectivity index (χ0) is 16.8. The van der Waals surface area contributed by atoms with Crippen molar-refractivity contribution in [2.45, 2.75) is 13.0 Å². The molecule has 3 aromatic carbocycles. The van der Waals surface area contributed by atoms with Crippen molar-refractivity contribution in [3.8, 4) is 0 Å². The van der Waals surface area contributed by atoms with Gasteiger partial charge in [-0.05, 0) is 40.5 Å². The Balaban J connectivity index is 1.53. The van der Waals surface area contributed by atoms with Crippen molar-refractivity contribution in [2.75, 3.05) is 6.54 Å². The Morgan fingerprint density at radius 2 is 1.68 bits per heavy atom. The van der Waals surface area contributed by atoms with Crippen LogP contribution in [0.5, 0.6) is 0 Å². The molecule has 0 saturated carbocycles. The van der Waals surface area contributed by atoms with E-state index in [4.69, 9.17) is 4.42 Å². The highest BCUT2D eigenvalue weighted by atomic mass is 16.3. The Bertz CT molecular complexity index is 1110. The number of rotatable bonds is 1. The topological polar surface area (TPSA) is 33.5 Å². The first-order valence-corrected chi connectivity index (χ1v) is 8.57. The van der Waals surface area contributed by atoms with Crippen molar-refractivity contribution in [1.29, 1.82) is 0 Å². The summed E-state index contributed by atoms with van der Waals surface area (Å²) in [7, 11) is 0. The van der Waals surface area contributed by atoms with Gasteiger partial charge >= 0.3 is 0 Å². The molecule has 1 aromatic heterocycles. The summed E-state index contributed by atoms with van der Waals surface area (Å²) in [6, 6.07) is 22.4. The van der Waals surface area contributed by atoms with E-state index in [9.17, 15) is 4.79 Å². The summed E-state index contributed by atoms with van der Waals surface area (Å²) in [6.07, 6.45) is 0.894. The number of amides is 1. The van der Waals surface area contributed by atoms with Crippen LogP contribution in [0, 0.1) is 0 Å². The molecule has 0 atom stereocenters. The number of carbonyl (C=O) groups excluding carboxylic acids is 1. The normalized spacial score (nSPS) is 14.0. The van der Waals surface area contributed by atoms with Crippen molar-refractivity contribution in [1.82, 2.24) is 4.90 Å². The molecule has 1 aliphatic rings. The molecule has 3 heteroatoms. The van der Waals surface area contributed by atoms with E-state index in [1.165, 1.54) is 11.1 Å². The van der Waals surface area contributed by atoms with Gasteiger partial charge in [0.25, 0.3) is 5.91 Å². The molecule has 0 radical (unpaired) electrons. The summed E-state index contributed by atoms with van der Waals surface area (Å²) in [5.41, 5.74) is 3.32. The predicted octanol–water partition coefficient (Wildman–Crippen LogP) is 4.78. The first-order valence-electron chi connectivity index (χ1n) is 8.57. The van der Waals surface area contributed by atoms with Crippen molar-refractivity contribution >= 4 is 27.6 Å². The Kier molecular flexibility index (Phi) is 3.14. The van der Waals surface area contributed by atoms with Crippen LogP contribution in [0.25, 0.3) is 21.7 Å². The fourth-order valence-corrected chi connectivity index (χ4v) is 3.72. The van der Waals surface area contributed by atoms with Crippen LogP contribution in [-0.4, -0.2) is 17.4 Å². The maximum atomic E-state index is 12.9. The third-order valence-corrected chi connectivity index (χ3v) is 5.05. The summed E-state index contributed by atoms with van der Waals surface area (Å²) in [6.45, 7) is 1.38. The lowest BCUT2D eigenvalue weighted by atomic mass is 10.00. The summed E-state index contributed by atoms with van der Waals surface area (Å²) >= 11 is 0. The number of nitrogens with zero attached hydrogens (tertiary/aromatic N) is 1. The van der Waals surface area contributed by atoms with Gasteiger partial charge in [-0.15, -0.1) is 0 Å². The number of benzene rings is 3. The molecule has 25 heavy (non-hydrogen) atoms. The van der Waals surface area contributed by atoms with E-state index in [1.807, 2.05) is 41.3 Å². The van der Waals surface area contributed by atoms with Gasteiger partial charge in [0, 0.05) is 18.5 Å². The van der Waals surface area contributed by atoms with Crippen LogP contribution in [0.1, 0.15) is 21.7 Å². The maximum absolute atomic E-state index is 12.9. The Labute approximate surface area is 145 Å². The van der Waals surface area contributed by atoms with Crippen LogP contribution in [-0.2, 0) is 13.0 Å². The van der Waals surface area contributed by atoms with Gasteiger partial charge in [0.2, 0.25) is 0 Å². The molecule has 5 rings (SSSR count). The number of carbonyl (C=O) groups is 1. The molecule has 4 aromatic rings. The van der Waals surface area contributed by atoms with Crippen LogP contribution >= 0.6 is 0 Å². The van der Waals surface area contributed by atoms with Crippen molar-refractivity contribution in [2.24, 2.45) is 0 Å². The second-order valence-corrected chi connectivity index (χ2v) is 6.55. The molecule has 0 N–H and O–H groups in total. The molecule has 3 nitrogen and oxygen atoms in total. The SMILES string of the molecule is O=C(c1cc2c(ccc3ccccc32)o1)N1CCc2ccccc2C1. The van der Waals surface area contributed by atoms with Gasteiger partial charge in [0.1, 0.15) is 5.58 Å². The van der Waals surface area contributed by atoms with Crippen LogP contribution in [0.4, 0.5) is 0 Å². The van der Waals surface area contributed by atoms with Crippen LogP contribution in [0.15, 0.2) is 71.1 Å². The van der Waals surface area contributed by atoms with Crippen molar-refractivity contribution in [3.63, 3.8) is 0 Å². The lowest BCUT2D eigenvalue weighted by Gasteiger charge is -2.28. The molecule has 0 fully saturated rings. The highest BCUT2D eigenvalue weighted by Crippen LogP contribution is 2.29.